The third-order valence-corrected chi connectivity index (χ3v) is 2.08. The Bertz CT molecular complexity index is 462. The molecule has 0 atom stereocenters. The molecule has 0 radical (unpaired) electrons. The number of carboxylic acid groups (broad SMARTS) is 1. The average Bonchev–Trinajstić information content (AvgIpc) is 2.61. The van der Waals surface area contributed by atoms with Crippen LogP contribution in [0.15, 0.2) is 24.5 Å². The van der Waals surface area contributed by atoms with Gasteiger partial charge in [-0.2, -0.15) is 0 Å². The zero-order valence-corrected chi connectivity index (χ0v) is 7.53. The number of aliphatic carboxylic acids is 1. The fraction of sp³-hybridized carbons (Fsp3) is 0.200. The van der Waals surface area contributed by atoms with Crippen LogP contribution in [0.25, 0.3) is 11.0 Å². The summed E-state index contributed by atoms with van der Waals surface area (Å²) in [6, 6.07) is 3.82. The van der Waals surface area contributed by atoms with Crippen molar-refractivity contribution in [2.24, 2.45) is 0 Å². The van der Waals surface area contributed by atoms with Gasteiger partial charge in [-0.25, -0.2) is 0 Å². The summed E-state index contributed by atoms with van der Waals surface area (Å²) in [4.78, 5) is 17.6. The van der Waals surface area contributed by atoms with Gasteiger partial charge >= 0.3 is 5.97 Å². The molecule has 14 heavy (non-hydrogen) atoms. The molecule has 4 heteroatoms. The second-order valence-electron chi connectivity index (χ2n) is 3.15. The zero-order chi connectivity index (χ0) is 9.97. The van der Waals surface area contributed by atoms with Gasteiger partial charge in [0.15, 0.2) is 0 Å². The molecule has 0 unspecified atom stereocenters. The van der Waals surface area contributed by atoms with E-state index in [-0.39, 0.29) is 6.42 Å². The van der Waals surface area contributed by atoms with Crippen molar-refractivity contribution in [3.63, 3.8) is 0 Å². The smallest absolute Gasteiger partial charge is 0.303 e. The SMILES string of the molecule is O=C(O)CCc1cnc2cc[nH]c2c1. The molecule has 0 fully saturated rings. The summed E-state index contributed by atoms with van der Waals surface area (Å²) in [7, 11) is 0. The molecule has 0 aliphatic heterocycles. The summed E-state index contributed by atoms with van der Waals surface area (Å²) < 4.78 is 0. The highest BCUT2D eigenvalue weighted by Crippen LogP contribution is 2.11. The lowest BCUT2D eigenvalue weighted by molar-refractivity contribution is -0.136. The Hall–Kier alpha value is -1.84. The molecule has 0 aliphatic carbocycles. The summed E-state index contributed by atoms with van der Waals surface area (Å²) in [6.45, 7) is 0. The van der Waals surface area contributed by atoms with Gasteiger partial charge in [0.2, 0.25) is 0 Å². The maximum atomic E-state index is 10.4. The molecule has 2 rings (SSSR count). The molecule has 0 aromatic carbocycles. The van der Waals surface area contributed by atoms with Gasteiger partial charge in [0.25, 0.3) is 0 Å². The van der Waals surface area contributed by atoms with Crippen LogP contribution in [-0.4, -0.2) is 21.0 Å². The minimum absolute atomic E-state index is 0.147. The number of carboxylic acids is 1. The maximum absolute atomic E-state index is 10.4. The third-order valence-electron chi connectivity index (χ3n) is 2.08. The number of rotatable bonds is 3. The molecule has 2 N–H and O–H groups in total. The Kier molecular flexibility index (Phi) is 2.18. The van der Waals surface area contributed by atoms with Crippen LogP contribution in [0.5, 0.6) is 0 Å². The first kappa shape index (κ1) is 8.74. The lowest BCUT2D eigenvalue weighted by Crippen LogP contribution is -1.97. The molecular formula is C10H10N2O2. The molecule has 2 aromatic heterocycles. The topological polar surface area (TPSA) is 66.0 Å². The highest BCUT2D eigenvalue weighted by molar-refractivity contribution is 5.75. The monoisotopic (exact) mass is 190 g/mol. The fourth-order valence-corrected chi connectivity index (χ4v) is 1.37. The number of aryl methyl sites for hydroxylation is 1. The molecule has 4 nitrogen and oxygen atoms in total. The second kappa shape index (κ2) is 3.49. The first-order valence-corrected chi connectivity index (χ1v) is 4.39. The number of hydrogen-bond acceptors (Lipinski definition) is 2. The third kappa shape index (κ3) is 1.74. The van der Waals surface area contributed by atoms with Crippen molar-refractivity contribution in [3.05, 3.63) is 30.1 Å². The van der Waals surface area contributed by atoms with E-state index < -0.39 is 5.97 Å². The minimum Gasteiger partial charge on any atom is -0.481 e. The maximum Gasteiger partial charge on any atom is 0.303 e. The zero-order valence-electron chi connectivity index (χ0n) is 7.53. The van der Waals surface area contributed by atoms with Gasteiger partial charge in [-0.05, 0) is 24.1 Å². The molecule has 0 bridgehead atoms. The van der Waals surface area contributed by atoms with Crippen LogP contribution >= 0.6 is 0 Å². The fourth-order valence-electron chi connectivity index (χ4n) is 1.37. The number of H-pyrrole nitrogens is 1. The van der Waals surface area contributed by atoms with E-state index in [1.165, 1.54) is 0 Å². The largest absolute Gasteiger partial charge is 0.481 e. The summed E-state index contributed by atoms with van der Waals surface area (Å²) in [5.41, 5.74) is 2.80. The Morgan fingerprint density at radius 3 is 3.21 bits per heavy atom. The number of pyridine rings is 1. The highest BCUT2D eigenvalue weighted by atomic mass is 16.4. The van der Waals surface area contributed by atoms with Crippen molar-refractivity contribution in [3.8, 4) is 0 Å². The first-order valence-electron chi connectivity index (χ1n) is 4.39. The van der Waals surface area contributed by atoms with Gasteiger partial charge in [-0.3, -0.25) is 9.78 Å². The number of carbonyl (C=O) groups is 1. The predicted molar refractivity (Wildman–Crippen MR) is 52.1 cm³/mol. The molecule has 0 spiro atoms. The Labute approximate surface area is 80.6 Å². The molecule has 0 aliphatic rings. The molecule has 0 saturated heterocycles. The summed E-state index contributed by atoms with van der Waals surface area (Å²) in [6.07, 6.45) is 4.21. The quantitative estimate of drug-likeness (QED) is 0.772. The molecule has 2 aromatic rings. The van der Waals surface area contributed by atoms with E-state index in [1.807, 2.05) is 18.3 Å². The Balaban J connectivity index is 2.21. The number of nitrogens with zero attached hydrogens (tertiary/aromatic N) is 1. The van der Waals surface area contributed by atoms with Gasteiger partial charge in [-0.1, -0.05) is 0 Å². The van der Waals surface area contributed by atoms with Crippen molar-refractivity contribution >= 4 is 17.0 Å². The molecule has 0 saturated carbocycles. The Morgan fingerprint density at radius 1 is 1.57 bits per heavy atom. The lowest BCUT2D eigenvalue weighted by atomic mass is 10.1. The average molecular weight is 190 g/mol. The van der Waals surface area contributed by atoms with E-state index in [0.29, 0.717) is 6.42 Å². The van der Waals surface area contributed by atoms with E-state index in [4.69, 9.17) is 5.11 Å². The number of nitrogens with one attached hydrogen (secondary N) is 1. The van der Waals surface area contributed by atoms with Crippen molar-refractivity contribution in [1.29, 1.82) is 0 Å². The summed E-state index contributed by atoms with van der Waals surface area (Å²) in [5, 5.41) is 8.52. The van der Waals surface area contributed by atoms with Gasteiger partial charge in [-0.15, -0.1) is 0 Å². The van der Waals surface area contributed by atoms with E-state index in [2.05, 4.69) is 9.97 Å². The van der Waals surface area contributed by atoms with Gasteiger partial charge in [0.05, 0.1) is 11.0 Å². The second-order valence-corrected chi connectivity index (χ2v) is 3.15. The van der Waals surface area contributed by atoms with E-state index in [1.54, 1.807) is 6.20 Å². The Morgan fingerprint density at radius 2 is 2.43 bits per heavy atom. The van der Waals surface area contributed by atoms with Crippen LogP contribution in [0.4, 0.5) is 0 Å². The van der Waals surface area contributed by atoms with Crippen molar-refractivity contribution in [1.82, 2.24) is 9.97 Å². The molecule has 2 heterocycles. The minimum atomic E-state index is -0.781. The van der Waals surface area contributed by atoms with E-state index in [0.717, 1.165) is 16.6 Å². The van der Waals surface area contributed by atoms with Crippen molar-refractivity contribution in [2.45, 2.75) is 12.8 Å². The van der Waals surface area contributed by atoms with Crippen LogP contribution in [0.3, 0.4) is 0 Å². The normalized spacial score (nSPS) is 10.6. The van der Waals surface area contributed by atoms with Crippen LogP contribution in [-0.2, 0) is 11.2 Å². The van der Waals surface area contributed by atoms with Crippen LogP contribution in [0.1, 0.15) is 12.0 Å². The lowest BCUT2D eigenvalue weighted by Gasteiger charge is -1.97. The number of aromatic nitrogens is 2. The van der Waals surface area contributed by atoms with Gasteiger partial charge in [0.1, 0.15) is 0 Å². The predicted octanol–water partition coefficient (Wildman–Crippen LogP) is 1.58. The molecular weight excluding hydrogens is 180 g/mol. The molecule has 72 valence electrons. The van der Waals surface area contributed by atoms with Crippen molar-refractivity contribution in [2.75, 3.05) is 0 Å². The van der Waals surface area contributed by atoms with Crippen LogP contribution in [0, 0.1) is 0 Å². The highest BCUT2D eigenvalue weighted by Gasteiger charge is 2.01. The number of hydrogen-bond donors (Lipinski definition) is 2. The van der Waals surface area contributed by atoms with E-state index >= 15 is 0 Å². The summed E-state index contributed by atoms with van der Waals surface area (Å²) >= 11 is 0. The first-order chi connectivity index (χ1) is 6.75. The summed E-state index contributed by atoms with van der Waals surface area (Å²) in [5.74, 6) is -0.781. The van der Waals surface area contributed by atoms with Gasteiger partial charge in [0, 0.05) is 18.8 Å². The standard InChI is InChI=1S/C10H10N2O2/c13-10(14)2-1-7-5-9-8(12-6-7)3-4-11-9/h3-6,11H,1-2H2,(H,13,14). The number of fused-ring (bicyclic) bond motifs is 1. The number of aromatic amines is 1. The van der Waals surface area contributed by atoms with Crippen molar-refractivity contribution < 1.29 is 9.90 Å². The van der Waals surface area contributed by atoms with Crippen LogP contribution < -0.4 is 0 Å². The molecule has 0 amide bonds. The van der Waals surface area contributed by atoms with Crippen LogP contribution in [0.2, 0.25) is 0 Å². The van der Waals surface area contributed by atoms with Gasteiger partial charge < -0.3 is 10.1 Å². The van der Waals surface area contributed by atoms with E-state index in [9.17, 15) is 4.79 Å².